The predicted octanol–water partition coefficient (Wildman–Crippen LogP) is 4.29. The van der Waals surface area contributed by atoms with Crippen LogP contribution in [0.25, 0.3) is 0 Å². The Morgan fingerprint density at radius 1 is 1.12 bits per heavy atom. The third-order valence-corrected chi connectivity index (χ3v) is 4.50. The number of para-hydroxylation sites is 1. The van der Waals surface area contributed by atoms with E-state index < -0.39 is 5.97 Å². The van der Waals surface area contributed by atoms with Gasteiger partial charge in [0.1, 0.15) is 0 Å². The van der Waals surface area contributed by atoms with Crippen LogP contribution in [0.15, 0.2) is 53.4 Å². The zero-order chi connectivity index (χ0) is 17.5. The van der Waals surface area contributed by atoms with Crippen LogP contribution in [-0.4, -0.2) is 23.7 Å². The summed E-state index contributed by atoms with van der Waals surface area (Å²) in [7, 11) is 0. The maximum atomic E-state index is 12.4. The number of rotatable bonds is 6. The van der Waals surface area contributed by atoms with Crippen LogP contribution in [0.2, 0.25) is 0 Å². The number of carbonyl (C=O) groups excluding carboxylic acids is 2. The highest BCUT2D eigenvalue weighted by Crippen LogP contribution is 2.25. The number of esters is 1. The van der Waals surface area contributed by atoms with E-state index in [-0.39, 0.29) is 11.2 Å². The van der Waals surface area contributed by atoms with Crippen LogP contribution in [0.3, 0.4) is 0 Å². The van der Waals surface area contributed by atoms with Crippen molar-refractivity contribution >= 4 is 29.3 Å². The van der Waals surface area contributed by atoms with E-state index in [1.54, 1.807) is 31.2 Å². The fourth-order valence-corrected chi connectivity index (χ4v) is 2.96. The van der Waals surface area contributed by atoms with Gasteiger partial charge in [0.05, 0.1) is 23.1 Å². The number of nitrogens with one attached hydrogen (secondary N) is 1. The van der Waals surface area contributed by atoms with Crippen LogP contribution in [0.1, 0.15) is 29.8 Å². The van der Waals surface area contributed by atoms with Gasteiger partial charge in [-0.2, -0.15) is 0 Å². The van der Waals surface area contributed by atoms with Crippen LogP contribution in [0, 0.1) is 6.92 Å². The maximum absolute atomic E-state index is 12.4. The first kappa shape index (κ1) is 18.1. The lowest BCUT2D eigenvalue weighted by molar-refractivity contribution is -0.115. The lowest BCUT2D eigenvalue weighted by atomic mass is 10.1. The van der Waals surface area contributed by atoms with E-state index in [1.165, 1.54) is 17.3 Å². The Morgan fingerprint density at radius 2 is 1.79 bits per heavy atom. The molecule has 0 aliphatic carbocycles. The van der Waals surface area contributed by atoms with Gasteiger partial charge in [0.15, 0.2) is 0 Å². The van der Waals surface area contributed by atoms with Crippen molar-refractivity contribution in [1.82, 2.24) is 0 Å². The molecule has 0 heterocycles. The molecule has 0 spiro atoms. The van der Waals surface area contributed by atoms with Crippen molar-refractivity contribution in [2.75, 3.05) is 11.9 Å². The molecule has 0 fully saturated rings. The molecule has 0 unspecified atom stereocenters. The topological polar surface area (TPSA) is 55.4 Å². The number of benzene rings is 2. The summed E-state index contributed by atoms with van der Waals surface area (Å²) in [6.07, 6.45) is 0. The molecular weight excluding hydrogens is 322 g/mol. The quantitative estimate of drug-likeness (QED) is 0.628. The van der Waals surface area contributed by atoms with Crippen molar-refractivity contribution in [2.24, 2.45) is 0 Å². The molecule has 1 N–H and O–H groups in total. The minimum Gasteiger partial charge on any atom is -0.462 e. The Kier molecular flexibility index (Phi) is 6.44. The smallest absolute Gasteiger partial charge is 0.340 e. The molecule has 126 valence electrons. The highest BCUT2D eigenvalue weighted by molar-refractivity contribution is 8.00. The van der Waals surface area contributed by atoms with Crippen molar-refractivity contribution in [3.05, 3.63) is 59.7 Å². The zero-order valence-electron chi connectivity index (χ0n) is 14.0. The van der Waals surface area contributed by atoms with Crippen molar-refractivity contribution in [1.29, 1.82) is 0 Å². The summed E-state index contributed by atoms with van der Waals surface area (Å²) in [5.41, 5.74) is 2.01. The van der Waals surface area contributed by atoms with Crippen molar-refractivity contribution in [3.8, 4) is 0 Å². The van der Waals surface area contributed by atoms with Crippen LogP contribution >= 0.6 is 11.8 Å². The summed E-state index contributed by atoms with van der Waals surface area (Å²) >= 11 is 1.48. The van der Waals surface area contributed by atoms with Gasteiger partial charge in [-0.15, -0.1) is 11.8 Å². The Hall–Kier alpha value is -2.27. The van der Waals surface area contributed by atoms with Gasteiger partial charge in [-0.25, -0.2) is 4.79 Å². The number of amides is 1. The summed E-state index contributed by atoms with van der Waals surface area (Å²) in [6, 6.07) is 14.9. The van der Waals surface area contributed by atoms with E-state index in [1.807, 2.05) is 38.1 Å². The SMILES string of the molecule is CCOC(=O)c1ccccc1NC(=O)[C@@H](C)Sc1ccc(C)cc1. The average molecular weight is 343 g/mol. The Labute approximate surface area is 146 Å². The molecule has 0 radical (unpaired) electrons. The Morgan fingerprint density at radius 3 is 2.46 bits per heavy atom. The standard InChI is InChI=1S/C19H21NO3S/c1-4-23-19(22)16-7-5-6-8-17(16)20-18(21)14(3)24-15-11-9-13(2)10-12-15/h5-12,14H,4H2,1-3H3,(H,20,21)/t14-/m1/s1. The van der Waals surface area contributed by atoms with E-state index >= 15 is 0 Å². The van der Waals surface area contributed by atoms with Gasteiger partial charge in [-0.05, 0) is 45.0 Å². The normalized spacial score (nSPS) is 11.6. The summed E-state index contributed by atoms with van der Waals surface area (Å²) in [5.74, 6) is -0.593. The molecule has 0 aromatic heterocycles. The Balaban J connectivity index is 2.06. The van der Waals surface area contributed by atoms with Gasteiger partial charge in [-0.1, -0.05) is 29.8 Å². The van der Waals surface area contributed by atoms with E-state index in [0.717, 1.165) is 4.90 Å². The largest absolute Gasteiger partial charge is 0.462 e. The minimum absolute atomic E-state index is 0.155. The second-order valence-electron chi connectivity index (χ2n) is 5.33. The van der Waals surface area contributed by atoms with Crippen LogP contribution < -0.4 is 5.32 Å². The molecule has 2 aromatic carbocycles. The average Bonchev–Trinajstić information content (AvgIpc) is 2.57. The first-order chi connectivity index (χ1) is 11.5. The van der Waals surface area contributed by atoms with Crippen molar-refractivity contribution in [3.63, 3.8) is 0 Å². The fraction of sp³-hybridized carbons (Fsp3) is 0.263. The number of ether oxygens (including phenoxy) is 1. The molecular formula is C19H21NO3S. The lowest BCUT2D eigenvalue weighted by Gasteiger charge is -2.14. The summed E-state index contributed by atoms with van der Waals surface area (Å²) in [5, 5.41) is 2.53. The molecule has 0 aliphatic heterocycles. The minimum atomic E-state index is -0.438. The molecule has 1 amide bonds. The highest BCUT2D eigenvalue weighted by Gasteiger charge is 2.18. The van der Waals surface area contributed by atoms with E-state index in [2.05, 4.69) is 5.32 Å². The fourth-order valence-electron chi connectivity index (χ4n) is 2.09. The number of anilines is 1. The first-order valence-electron chi connectivity index (χ1n) is 7.81. The molecule has 0 saturated heterocycles. The summed E-state index contributed by atoms with van der Waals surface area (Å²) < 4.78 is 5.02. The van der Waals surface area contributed by atoms with Crippen molar-refractivity contribution < 1.29 is 14.3 Å². The lowest BCUT2D eigenvalue weighted by Crippen LogP contribution is -2.23. The third-order valence-electron chi connectivity index (χ3n) is 3.38. The molecule has 4 nitrogen and oxygen atoms in total. The number of hydrogen-bond donors (Lipinski definition) is 1. The summed E-state index contributed by atoms with van der Waals surface area (Å²) in [6.45, 7) is 5.91. The molecule has 0 bridgehead atoms. The van der Waals surface area contributed by atoms with Gasteiger partial charge in [-0.3, -0.25) is 4.79 Å². The van der Waals surface area contributed by atoms with Gasteiger partial charge < -0.3 is 10.1 Å². The number of thioether (sulfide) groups is 1. The molecule has 0 aliphatic rings. The molecule has 0 saturated carbocycles. The maximum Gasteiger partial charge on any atom is 0.340 e. The zero-order valence-corrected chi connectivity index (χ0v) is 14.9. The Bertz CT molecular complexity index is 713. The first-order valence-corrected chi connectivity index (χ1v) is 8.69. The second kappa shape index (κ2) is 8.55. The van der Waals surface area contributed by atoms with Crippen LogP contribution in [0.4, 0.5) is 5.69 Å². The van der Waals surface area contributed by atoms with Crippen LogP contribution in [-0.2, 0) is 9.53 Å². The van der Waals surface area contributed by atoms with E-state index in [9.17, 15) is 9.59 Å². The predicted molar refractivity (Wildman–Crippen MR) is 97.5 cm³/mol. The third kappa shape index (κ3) is 4.86. The monoisotopic (exact) mass is 343 g/mol. The van der Waals surface area contributed by atoms with E-state index in [4.69, 9.17) is 4.74 Å². The number of carbonyl (C=O) groups is 2. The summed E-state index contributed by atoms with van der Waals surface area (Å²) in [4.78, 5) is 25.4. The van der Waals surface area contributed by atoms with Crippen molar-refractivity contribution in [2.45, 2.75) is 30.9 Å². The number of aryl methyl sites for hydroxylation is 1. The van der Waals surface area contributed by atoms with Gasteiger partial charge >= 0.3 is 5.97 Å². The van der Waals surface area contributed by atoms with Crippen LogP contribution in [0.5, 0.6) is 0 Å². The molecule has 24 heavy (non-hydrogen) atoms. The molecule has 1 atom stereocenters. The molecule has 5 heteroatoms. The highest BCUT2D eigenvalue weighted by atomic mass is 32.2. The van der Waals surface area contributed by atoms with Gasteiger partial charge in [0, 0.05) is 4.90 Å². The van der Waals surface area contributed by atoms with Gasteiger partial charge in [0.2, 0.25) is 5.91 Å². The second-order valence-corrected chi connectivity index (χ2v) is 6.74. The molecule has 2 aromatic rings. The molecule has 2 rings (SSSR count). The van der Waals surface area contributed by atoms with Gasteiger partial charge in [0.25, 0.3) is 0 Å². The van der Waals surface area contributed by atoms with E-state index in [0.29, 0.717) is 17.9 Å². The number of hydrogen-bond acceptors (Lipinski definition) is 4.